The van der Waals surface area contributed by atoms with Crippen LogP contribution in [0.3, 0.4) is 0 Å². The van der Waals surface area contributed by atoms with Crippen molar-refractivity contribution in [1.29, 1.82) is 0 Å². The van der Waals surface area contributed by atoms with Crippen molar-refractivity contribution in [2.45, 2.75) is 39.7 Å². The third-order valence-electron chi connectivity index (χ3n) is 4.29. The van der Waals surface area contributed by atoms with Crippen LogP contribution in [0.5, 0.6) is 5.75 Å². The monoisotopic (exact) mass is 427 g/mol. The van der Waals surface area contributed by atoms with Crippen LogP contribution in [0.15, 0.2) is 24.3 Å². The number of esters is 1. The van der Waals surface area contributed by atoms with E-state index in [2.05, 4.69) is 5.32 Å². The van der Waals surface area contributed by atoms with E-state index >= 15 is 0 Å². The molecule has 0 bridgehead atoms. The Morgan fingerprint density at radius 2 is 1.89 bits per heavy atom. The number of halogens is 3. The van der Waals surface area contributed by atoms with Crippen LogP contribution >= 0.6 is 23.2 Å². The van der Waals surface area contributed by atoms with Gasteiger partial charge in [-0.05, 0) is 47.7 Å². The van der Waals surface area contributed by atoms with Crippen LogP contribution in [0.25, 0.3) is 0 Å². The first-order valence-corrected chi connectivity index (χ1v) is 9.83. The highest BCUT2D eigenvalue weighted by Crippen LogP contribution is 2.34. The maximum absolute atomic E-state index is 14.8. The van der Waals surface area contributed by atoms with E-state index in [1.54, 1.807) is 19.1 Å². The molecule has 0 fully saturated rings. The highest BCUT2D eigenvalue weighted by atomic mass is 35.5. The molecule has 152 valence electrons. The van der Waals surface area contributed by atoms with Crippen molar-refractivity contribution < 1.29 is 19.0 Å². The predicted molar refractivity (Wildman–Crippen MR) is 110 cm³/mol. The van der Waals surface area contributed by atoms with Crippen LogP contribution < -0.4 is 5.32 Å². The molecule has 7 heteroatoms. The number of carbonyl (C=O) groups excluding carboxylic acids is 1. The van der Waals surface area contributed by atoms with Crippen molar-refractivity contribution in [3.63, 3.8) is 0 Å². The van der Waals surface area contributed by atoms with E-state index in [4.69, 9.17) is 27.9 Å². The quantitative estimate of drug-likeness (QED) is 0.567. The van der Waals surface area contributed by atoms with Gasteiger partial charge >= 0.3 is 5.97 Å². The molecule has 2 aromatic carbocycles. The molecule has 2 rings (SSSR count). The summed E-state index contributed by atoms with van der Waals surface area (Å²) in [5.41, 5.74) is 2.11. The Bertz CT molecular complexity index is 833. The molecule has 0 radical (unpaired) electrons. The number of hydrogen-bond donors (Lipinski definition) is 2. The Morgan fingerprint density at radius 3 is 2.46 bits per heavy atom. The Labute approximate surface area is 174 Å². The molecular weight excluding hydrogens is 404 g/mol. The second kappa shape index (κ2) is 10.1. The number of ether oxygens (including phenoxy) is 1. The molecule has 2 aromatic rings. The lowest BCUT2D eigenvalue weighted by molar-refractivity contribution is -0.142. The van der Waals surface area contributed by atoms with E-state index in [0.29, 0.717) is 34.3 Å². The molecule has 0 aliphatic heterocycles. The first-order chi connectivity index (χ1) is 13.2. The van der Waals surface area contributed by atoms with Gasteiger partial charge in [-0.2, -0.15) is 0 Å². The van der Waals surface area contributed by atoms with Crippen LogP contribution in [-0.4, -0.2) is 24.2 Å². The highest BCUT2D eigenvalue weighted by molar-refractivity contribution is 6.36. The van der Waals surface area contributed by atoms with Crippen LogP contribution in [0, 0.1) is 5.82 Å². The third-order valence-corrected chi connectivity index (χ3v) is 4.96. The predicted octanol–water partition coefficient (Wildman–Crippen LogP) is 5.21. The minimum atomic E-state index is -0.442. The van der Waals surface area contributed by atoms with Gasteiger partial charge in [0.15, 0.2) is 0 Å². The summed E-state index contributed by atoms with van der Waals surface area (Å²) in [4.78, 5) is 11.4. The Hall–Kier alpha value is -1.82. The average Bonchev–Trinajstić information content (AvgIpc) is 2.60. The molecule has 0 aliphatic carbocycles. The first-order valence-electron chi connectivity index (χ1n) is 9.07. The van der Waals surface area contributed by atoms with E-state index in [1.165, 1.54) is 12.1 Å². The summed E-state index contributed by atoms with van der Waals surface area (Å²) in [6, 6.07) is 6.51. The summed E-state index contributed by atoms with van der Waals surface area (Å²) in [6.07, 6.45) is 0.208. The minimum Gasteiger partial charge on any atom is -0.508 e. The lowest BCUT2D eigenvalue weighted by Gasteiger charge is -2.15. The molecule has 0 unspecified atom stereocenters. The molecule has 0 amide bonds. The van der Waals surface area contributed by atoms with Gasteiger partial charge in [0.25, 0.3) is 0 Å². The summed E-state index contributed by atoms with van der Waals surface area (Å²) in [6.45, 7) is 6.20. The SMILES string of the molecule is CCOC(=O)CNCc1cc(Cl)c(Cc2ccc(O)c(C(C)C)c2F)c(Cl)c1. The molecule has 0 atom stereocenters. The minimum absolute atomic E-state index is 0.0588. The zero-order valence-electron chi connectivity index (χ0n) is 16.1. The second-order valence-corrected chi connectivity index (χ2v) is 7.56. The number of rotatable bonds is 8. The van der Waals surface area contributed by atoms with Crippen molar-refractivity contribution in [2.75, 3.05) is 13.2 Å². The second-order valence-electron chi connectivity index (χ2n) is 6.75. The number of phenolic OH excluding ortho intramolecular Hbond substituents is 1. The lowest BCUT2D eigenvalue weighted by Crippen LogP contribution is -2.24. The summed E-state index contributed by atoms with van der Waals surface area (Å²) in [5, 5.41) is 13.7. The van der Waals surface area contributed by atoms with E-state index in [9.17, 15) is 14.3 Å². The molecule has 2 N–H and O–H groups in total. The van der Waals surface area contributed by atoms with Crippen LogP contribution in [0.1, 0.15) is 48.9 Å². The topological polar surface area (TPSA) is 58.6 Å². The summed E-state index contributed by atoms with van der Waals surface area (Å²) < 4.78 is 19.7. The van der Waals surface area contributed by atoms with E-state index in [-0.39, 0.29) is 36.2 Å². The fraction of sp³-hybridized carbons (Fsp3) is 0.381. The van der Waals surface area contributed by atoms with Crippen molar-refractivity contribution in [3.05, 3.63) is 62.4 Å². The standard InChI is InChI=1S/C21H24Cl2FNO3/c1-4-28-19(27)11-25-10-13-7-16(22)15(17(23)8-13)9-14-5-6-18(26)20(12(2)3)21(14)24/h5-8,12,25-26H,4,9-11H2,1-3H3. The van der Waals surface area contributed by atoms with Crippen LogP contribution in [-0.2, 0) is 22.5 Å². The van der Waals surface area contributed by atoms with Gasteiger partial charge in [0.1, 0.15) is 11.6 Å². The highest BCUT2D eigenvalue weighted by Gasteiger charge is 2.18. The van der Waals surface area contributed by atoms with Gasteiger partial charge in [-0.3, -0.25) is 4.79 Å². The van der Waals surface area contributed by atoms with Crippen molar-refractivity contribution >= 4 is 29.2 Å². The van der Waals surface area contributed by atoms with Crippen molar-refractivity contribution in [3.8, 4) is 5.75 Å². The van der Waals surface area contributed by atoms with Gasteiger partial charge in [0.05, 0.1) is 13.2 Å². The Morgan fingerprint density at radius 1 is 1.25 bits per heavy atom. The summed E-state index contributed by atoms with van der Waals surface area (Å²) >= 11 is 12.8. The molecule has 0 saturated carbocycles. The zero-order chi connectivity index (χ0) is 20.8. The van der Waals surface area contributed by atoms with Gasteiger partial charge < -0.3 is 15.2 Å². The average molecular weight is 428 g/mol. The number of carbonyl (C=O) groups is 1. The number of hydrogen-bond acceptors (Lipinski definition) is 4. The normalized spacial score (nSPS) is 11.1. The van der Waals surface area contributed by atoms with E-state index in [0.717, 1.165) is 5.56 Å². The van der Waals surface area contributed by atoms with Crippen LogP contribution in [0.2, 0.25) is 10.0 Å². The lowest BCUT2D eigenvalue weighted by atomic mass is 9.95. The maximum Gasteiger partial charge on any atom is 0.319 e. The molecule has 28 heavy (non-hydrogen) atoms. The van der Waals surface area contributed by atoms with Gasteiger partial charge in [-0.15, -0.1) is 0 Å². The number of nitrogens with one attached hydrogen (secondary N) is 1. The first kappa shape index (κ1) is 22.5. The summed E-state index contributed by atoms with van der Waals surface area (Å²) in [7, 11) is 0. The van der Waals surface area contributed by atoms with Gasteiger partial charge in [0, 0.05) is 28.6 Å². The molecular formula is C21H24Cl2FNO3. The molecule has 0 saturated heterocycles. The number of phenols is 1. The fourth-order valence-corrected chi connectivity index (χ4v) is 3.62. The van der Waals surface area contributed by atoms with Crippen molar-refractivity contribution in [1.82, 2.24) is 5.32 Å². The Kier molecular flexibility index (Phi) is 8.10. The summed E-state index contributed by atoms with van der Waals surface area (Å²) in [5.74, 6) is -0.988. The van der Waals surface area contributed by atoms with E-state index in [1.807, 2.05) is 13.8 Å². The molecule has 0 aromatic heterocycles. The van der Waals surface area contributed by atoms with Gasteiger partial charge in [0.2, 0.25) is 0 Å². The fourth-order valence-electron chi connectivity index (χ4n) is 2.95. The van der Waals surface area contributed by atoms with Gasteiger partial charge in [-0.1, -0.05) is 43.1 Å². The van der Waals surface area contributed by atoms with Crippen molar-refractivity contribution in [2.24, 2.45) is 0 Å². The maximum atomic E-state index is 14.8. The third kappa shape index (κ3) is 5.60. The van der Waals surface area contributed by atoms with E-state index < -0.39 is 5.82 Å². The smallest absolute Gasteiger partial charge is 0.319 e. The number of benzene rings is 2. The van der Waals surface area contributed by atoms with Crippen LogP contribution in [0.4, 0.5) is 4.39 Å². The molecule has 0 heterocycles. The molecule has 0 spiro atoms. The molecule has 0 aliphatic rings. The molecule has 4 nitrogen and oxygen atoms in total. The Balaban J connectivity index is 2.18. The van der Waals surface area contributed by atoms with Gasteiger partial charge in [-0.25, -0.2) is 4.39 Å². The largest absolute Gasteiger partial charge is 0.508 e. The zero-order valence-corrected chi connectivity index (χ0v) is 17.6. The number of aromatic hydroxyl groups is 1.